The molecule has 1 saturated heterocycles. The lowest BCUT2D eigenvalue weighted by Gasteiger charge is -2.26. The van der Waals surface area contributed by atoms with Crippen molar-refractivity contribution in [2.45, 2.75) is 14.7 Å². The molecular formula is C24H26NO2S+. The predicted molar refractivity (Wildman–Crippen MR) is 114 cm³/mol. The second-order valence-corrected chi connectivity index (χ2v) is 8.73. The third kappa shape index (κ3) is 4.96. The van der Waals surface area contributed by atoms with E-state index in [9.17, 15) is 0 Å². The number of hydrogen-bond donors (Lipinski definition) is 0. The zero-order chi connectivity index (χ0) is 19.0. The lowest BCUT2D eigenvalue weighted by molar-refractivity contribution is 0.0322. The quantitative estimate of drug-likeness (QED) is 0.553. The van der Waals surface area contributed by atoms with Gasteiger partial charge < -0.3 is 9.47 Å². The van der Waals surface area contributed by atoms with E-state index in [1.54, 1.807) is 0 Å². The highest BCUT2D eigenvalue weighted by Crippen LogP contribution is 2.31. The minimum Gasteiger partial charge on any atom is -0.492 e. The van der Waals surface area contributed by atoms with Crippen LogP contribution < -0.4 is 4.74 Å². The lowest BCUT2D eigenvalue weighted by Crippen LogP contribution is -2.38. The predicted octanol–water partition coefficient (Wildman–Crippen LogP) is 4.49. The van der Waals surface area contributed by atoms with E-state index >= 15 is 0 Å². The monoisotopic (exact) mass is 392 g/mol. The number of hydrogen-bond acceptors (Lipinski definition) is 3. The molecular weight excluding hydrogens is 366 g/mol. The average Bonchev–Trinajstić information content (AvgIpc) is 2.77. The van der Waals surface area contributed by atoms with Gasteiger partial charge in [-0.2, -0.15) is 0 Å². The number of morpholine rings is 1. The summed E-state index contributed by atoms with van der Waals surface area (Å²) in [7, 11) is -0.110. The molecule has 3 aromatic rings. The molecule has 28 heavy (non-hydrogen) atoms. The summed E-state index contributed by atoms with van der Waals surface area (Å²) in [5.41, 5.74) is 0. The molecule has 3 nitrogen and oxygen atoms in total. The minimum absolute atomic E-state index is 0.110. The van der Waals surface area contributed by atoms with Crippen LogP contribution >= 0.6 is 0 Å². The summed E-state index contributed by atoms with van der Waals surface area (Å²) in [5.74, 6) is 0.932. The highest BCUT2D eigenvalue weighted by molar-refractivity contribution is 7.97. The van der Waals surface area contributed by atoms with Crippen molar-refractivity contribution in [3.63, 3.8) is 0 Å². The van der Waals surface area contributed by atoms with Crippen molar-refractivity contribution in [3.05, 3.63) is 84.9 Å². The van der Waals surface area contributed by atoms with Crippen molar-refractivity contribution in [2.75, 3.05) is 39.5 Å². The van der Waals surface area contributed by atoms with E-state index in [-0.39, 0.29) is 10.9 Å². The van der Waals surface area contributed by atoms with E-state index in [1.165, 1.54) is 14.7 Å². The molecule has 0 N–H and O–H groups in total. The molecule has 0 unspecified atom stereocenters. The highest BCUT2D eigenvalue weighted by atomic mass is 32.2. The largest absolute Gasteiger partial charge is 0.492 e. The van der Waals surface area contributed by atoms with Crippen LogP contribution in [-0.4, -0.2) is 44.4 Å². The molecule has 144 valence electrons. The van der Waals surface area contributed by atoms with Gasteiger partial charge in [0.05, 0.1) is 24.1 Å². The fourth-order valence-electron chi connectivity index (χ4n) is 3.31. The molecule has 4 rings (SSSR count). The molecule has 0 aromatic heterocycles. The van der Waals surface area contributed by atoms with Gasteiger partial charge in [0, 0.05) is 19.6 Å². The second-order valence-electron chi connectivity index (χ2n) is 6.71. The standard InChI is InChI=1S/C24H26NO2S/c1-3-7-22(8-4-1)28(23-9-5-2-6-10-23)24-13-11-21(12-14-24)27-20-17-25-15-18-26-19-16-25/h1-14H,15-20H2/q+1. The number of rotatable bonds is 7. The summed E-state index contributed by atoms with van der Waals surface area (Å²) in [6, 6.07) is 30.0. The Morgan fingerprint density at radius 3 is 1.82 bits per heavy atom. The smallest absolute Gasteiger partial charge is 0.166 e. The maximum atomic E-state index is 5.98. The Labute approximate surface area is 170 Å². The minimum atomic E-state index is -0.110. The molecule has 0 bridgehead atoms. The van der Waals surface area contributed by atoms with Crippen LogP contribution in [0.15, 0.2) is 99.6 Å². The summed E-state index contributed by atoms with van der Waals surface area (Å²) < 4.78 is 11.4. The van der Waals surface area contributed by atoms with Crippen LogP contribution in [0.5, 0.6) is 5.75 Å². The van der Waals surface area contributed by atoms with E-state index in [0.29, 0.717) is 6.61 Å². The molecule has 1 aliphatic heterocycles. The fourth-order valence-corrected chi connectivity index (χ4v) is 5.39. The van der Waals surface area contributed by atoms with Gasteiger partial charge in [-0.3, -0.25) is 4.90 Å². The zero-order valence-corrected chi connectivity index (χ0v) is 16.8. The molecule has 0 atom stereocenters. The first-order chi connectivity index (χ1) is 13.9. The molecule has 1 heterocycles. The van der Waals surface area contributed by atoms with E-state index in [2.05, 4.69) is 89.8 Å². The fraction of sp³-hybridized carbons (Fsp3) is 0.250. The molecule has 0 spiro atoms. The molecule has 0 amide bonds. The van der Waals surface area contributed by atoms with Gasteiger partial charge in [0.1, 0.15) is 12.4 Å². The Hall–Kier alpha value is -2.27. The first-order valence-corrected chi connectivity index (χ1v) is 11.0. The number of benzene rings is 3. The maximum absolute atomic E-state index is 5.98. The van der Waals surface area contributed by atoms with Gasteiger partial charge >= 0.3 is 0 Å². The Bertz CT molecular complexity index is 794. The molecule has 0 aliphatic carbocycles. The molecule has 1 fully saturated rings. The van der Waals surface area contributed by atoms with E-state index in [1.807, 2.05) is 0 Å². The van der Waals surface area contributed by atoms with Crippen molar-refractivity contribution >= 4 is 10.9 Å². The van der Waals surface area contributed by atoms with Crippen LogP contribution in [0.3, 0.4) is 0 Å². The van der Waals surface area contributed by atoms with Crippen LogP contribution in [0, 0.1) is 0 Å². The summed E-state index contributed by atoms with van der Waals surface area (Å²) in [4.78, 5) is 6.35. The second kappa shape index (κ2) is 9.78. The normalized spacial score (nSPS) is 14.9. The van der Waals surface area contributed by atoms with E-state index in [0.717, 1.165) is 38.6 Å². The third-order valence-corrected chi connectivity index (χ3v) is 7.03. The van der Waals surface area contributed by atoms with Gasteiger partial charge in [-0.15, -0.1) is 0 Å². The van der Waals surface area contributed by atoms with Crippen LogP contribution in [0.25, 0.3) is 0 Å². The zero-order valence-electron chi connectivity index (χ0n) is 16.0. The van der Waals surface area contributed by atoms with Crippen LogP contribution in [0.4, 0.5) is 0 Å². The first-order valence-electron chi connectivity index (χ1n) is 9.77. The van der Waals surface area contributed by atoms with Gasteiger partial charge in [0.2, 0.25) is 0 Å². The van der Waals surface area contributed by atoms with Crippen LogP contribution in [-0.2, 0) is 15.6 Å². The number of nitrogens with zero attached hydrogens (tertiary/aromatic N) is 1. The number of ether oxygens (including phenoxy) is 2. The van der Waals surface area contributed by atoms with Gasteiger partial charge in [-0.25, -0.2) is 0 Å². The highest BCUT2D eigenvalue weighted by Gasteiger charge is 2.28. The van der Waals surface area contributed by atoms with Crippen molar-refractivity contribution in [1.82, 2.24) is 4.90 Å². The third-order valence-electron chi connectivity index (χ3n) is 4.80. The first kappa shape index (κ1) is 19.1. The van der Waals surface area contributed by atoms with E-state index in [4.69, 9.17) is 9.47 Å². The Kier molecular flexibility index (Phi) is 6.66. The van der Waals surface area contributed by atoms with Crippen molar-refractivity contribution < 1.29 is 9.47 Å². The van der Waals surface area contributed by atoms with Crippen LogP contribution in [0.1, 0.15) is 0 Å². The Morgan fingerprint density at radius 1 is 0.714 bits per heavy atom. The van der Waals surface area contributed by atoms with Gasteiger partial charge in [-0.05, 0) is 48.5 Å². The summed E-state index contributed by atoms with van der Waals surface area (Å²) in [6.45, 7) is 5.32. The van der Waals surface area contributed by atoms with Crippen LogP contribution in [0.2, 0.25) is 0 Å². The van der Waals surface area contributed by atoms with Crippen molar-refractivity contribution in [3.8, 4) is 5.75 Å². The molecule has 0 radical (unpaired) electrons. The van der Waals surface area contributed by atoms with Gasteiger partial charge in [-0.1, -0.05) is 36.4 Å². The SMILES string of the molecule is c1ccc([S+](c2ccccc2)c2ccc(OCCN3CCOCC3)cc2)cc1. The Balaban J connectivity index is 1.45. The topological polar surface area (TPSA) is 21.7 Å². The van der Waals surface area contributed by atoms with E-state index < -0.39 is 0 Å². The Morgan fingerprint density at radius 2 is 1.25 bits per heavy atom. The maximum Gasteiger partial charge on any atom is 0.166 e. The summed E-state index contributed by atoms with van der Waals surface area (Å²) in [6.07, 6.45) is 0. The lowest BCUT2D eigenvalue weighted by atomic mass is 10.3. The molecule has 0 saturated carbocycles. The van der Waals surface area contributed by atoms with Gasteiger partial charge in [0.25, 0.3) is 0 Å². The van der Waals surface area contributed by atoms with Crippen molar-refractivity contribution in [2.24, 2.45) is 0 Å². The van der Waals surface area contributed by atoms with Crippen molar-refractivity contribution in [1.29, 1.82) is 0 Å². The average molecular weight is 393 g/mol. The molecule has 3 aromatic carbocycles. The summed E-state index contributed by atoms with van der Waals surface area (Å²) in [5, 5.41) is 0. The summed E-state index contributed by atoms with van der Waals surface area (Å²) >= 11 is 0. The molecule has 1 aliphatic rings. The molecule has 4 heteroatoms. The van der Waals surface area contributed by atoms with Gasteiger partial charge in [0.15, 0.2) is 14.7 Å².